The van der Waals surface area contributed by atoms with Gasteiger partial charge in [0, 0.05) is 41.5 Å². The van der Waals surface area contributed by atoms with Crippen molar-refractivity contribution in [1.29, 1.82) is 0 Å². The summed E-state index contributed by atoms with van der Waals surface area (Å²) in [4.78, 5) is 40.6. The number of alkyl halides is 1. The Kier molecular flexibility index (Phi) is 7.14. The fourth-order valence-electron chi connectivity index (χ4n) is 6.91. The number of piperazine rings is 1. The molecule has 9 nitrogen and oxygen atoms in total. The maximum Gasteiger partial charge on any atom is 0.410 e. The second-order valence-electron chi connectivity index (χ2n) is 12.5. The van der Waals surface area contributed by atoms with Crippen molar-refractivity contribution in [3.63, 3.8) is 0 Å². The molecule has 0 saturated carbocycles. The Bertz CT molecular complexity index is 1340. The molecule has 1 aromatic carbocycles. The number of hydrogen-bond acceptors (Lipinski definition) is 8. The zero-order chi connectivity index (χ0) is 28.4. The van der Waals surface area contributed by atoms with Crippen molar-refractivity contribution in [2.24, 2.45) is 0 Å². The highest BCUT2D eigenvalue weighted by molar-refractivity contribution is 9.10. The lowest BCUT2D eigenvalue weighted by Gasteiger charge is -2.42. The van der Waals surface area contributed by atoms with E-state index in [-0.39, 0.29) is 29.7 Å². The number of halogens is 3. The normalized spacial score (nSPS) is 28.3. The Morgan fingerprint density at radius 1 is 1.25 bits per heavy atom. The van der Waals surface area contributed by atoms with E-state index in [0.29, 0.717) is 64.4 Å². The maximum atomic E-state index is 14.3. The van der Waals surface area contributed by atoms with Gasteiger partial charge in [-0.3, -0.25) is 14.6 Å². The van der Waals surface area contributed by atoms with Crippen LogP contribution in [0, 0.1) is 0 Å². The number of ether oxygens (including phenoxy) is 2. The zero-order valence-corrected chi connectivity index (χ0v) is 25.3. The molecule has 2 bridgehead atoms. The number of aldehydes is 1. The van der Waals surface area contributed by atoms with Crippen LogP contribution in [0.2, 0.25) is 5.02 Å². The van der Waals surface area contributed by atoms with Crippen molar-refractivity contribution in [3.05, 3.63) is 21.1 Å². The smallest absolute Gasteiger partial charge is 0.410 e. The standard InChI is InChI=1S/C28H34BrClFN5O4/c1-27(2,3)40-26(38)36-18-5-6-19(36)13-34(12-18)24-20-9-16(14-37)21(29)22(30)23(20)32-25(33-24)39-15-28-7-4-8-35(28)11-17(31)10-28/h9,14,17-19H,4-8,10-13,15H2,1-3H3/t17-,18?,19?,28+/m1/s1. The number of anilines is 1. The third-order valence-corrected chi connectivity index (χ3v) is 10.1. The fraction of sp³-hybridized carbons (Fsp3) is 0.643. The molecule has 4 atom stereocenters. The molecule has 0 spiro atoms. The minimum absolute atomic E-state index is 0.0367. The Morgan fingerprint density at radius 3 is 2.65 bits per heavy atom. The minimum Gasteiger partial charge on any atom is -0.461 e. The van der Waals surface area contributed by atoms with E-state index in [4.69, 9.17) is 26.1 Å². The topological polar surface area (TPSA) is 88.1 Å². The van der Waals surface area contributed by atoms with E-state index >= 15 is 0 Å². The van der Waals surface area contributed by atoms with Crippen molar-refractivity contribution >= 4 is 56.6 Å². The molecule has 4 aliphatic rings. The number of benzene rings is 1. The SMILES string of the molecule is CC(C)(C)OC(=O)N1C2CCC1CN(c1nc(OC[C@@]34CCCN3C[C@H](F)C4)nc3c(Cl)c(Br)c(C=O)cc13)C2. The molecule has 6 rings (SSSR count). The molecule has 4 fully saturated rings. The first-order valence-electron chi connectivity index (χ1n) is 13.9. The van der Waals surface area contributed by atoms with Crippen molar-refractivity contribution < 1.29 is 23.5 Å². The van der Waals surface area contributed by atoms with Crippen LogP contribution in [-0.4, -0.2) is 94.3 Å². The lowest BCUT2D eigenvalue weighted by atomic mass is 9.95. The van der Waals surface area contributed by atoms with Gasteiger partial charge in [0.05, 0.1) is 28.2 Å². The van der Waals surface area contributed by atoms with Gasteiger partial charge in [-0.2, -0.15) is 9.97 Å². The van der Waals surface area contributed by atoms with Crippen LogP contribution in [0.25, 0.3) is 10.9 Å². The first-order valence-corrected chi connectivity index (χ1v) is 15.1. The molecule has 1 aromatic heterocycles. The number of aromatic nitrogens is 2. The fourth-order valence-corrected chi connectivity index (χ4v) is 7.56. The summed E-state index contributed by atoms with van der Waals surface area (Å²) in [6.45, 7) is 8.30. The number of carbonyl (C=O) groups excluding carboxylic acids is 2. The number of rotatable bonds is 5. The van der Waals surface area contributed by atoms with Gasteiger partial charge in [0.2, 0.25) is 0 Å². The van der Waals surface area contributed by atoms with Gasteiger partial charge < -0.3 is 14.4 Å². The van der Waals surface area contributed by atoms with E-state index in [1.165, 1.54) is 0 Å². The van der Waals surface area contributed by atoms with Crippen LogP contribution in [-0.2, 0) is 4.74 Å². The average molecular weight is 639 g/mol. The second kappa shape index (κ2) is 10.2. The van der Waals surface area contributed by atoms with Crippen LogP contribution in [0.3, 0.4) is 0 Å². The third kappa shape index (κ3) is 4.91. The minimum atomic E-state index is -0.860. The van der Waals surface area contributed by atoms with E-state index in [1.807, 2.05) is 25.7 Å². The first kappa shape index (κ1) is 27.9. The number of fused-ring (bicyclic) bond motifs is 4. The van der Waals surface area contributed by atoms with Gasteiger partial charge >= 0.3 is 12.1 Å². The van der Waals surface area contributed by atoms with Crippen molar-refractivity contribution in [2.75, 3.05) is 37.7 Å². The highest BCUT2D eigenvalue weighted by Crippen LogP contribution is 2.42. The molecule has 216 valence electrons. The molecule has 12 heteroatoms. The van der Waals surface area contributed by atoms with Gasteiger partial charge in [-0.1, -0.05) is 11.6 Å². The Hall–Kier alpha value is -2.24. The lowest BCUT2D eigenvalue weighted by molar-refractivity contribution is 0.0122. The quantitative estimate of drug-likeness (QED) is 0.403. The number of carbonyl (C=O) groups is 2. The van der Waals surface area contributed by atoms with Gasteiger partial charge in [0.15, 0.2) is 6.29 Å². The van der Waals surface area contributed by atoms with Crippen LogP contribution in [0.1, 0.15) is 63.2 Å². The largest absolute Gasteiger partial charge is 0.461 e. The second-order valence-corrected chi connectivity index (χ2v) is 13.7. The molecule has 4 aliphatic heterocycles. The predicted molar refractivity (Wildman–Crippen MR) is 153 cm³/mol. The van der Waals surface area contributed by atoms with Gasteiger partial charge in [-0.25, -0.2) is 9.18 Å². The summed E-state index contributed by atoms with van der Waals surface area (Å²) in [5.74, 6) is 0.605. The lowest BCUT2D eigenvalue weighted by Crippen LogP contribution is -2.57. The summed E-state index contributed by atoms with van der Waals surface area (Å²) in [5, 5.41) is 0.937. The van der Waals surface area contributed by atoms with E-state index in [1.54, 1.807) is 6.07 Å². The number of hydrogen-bond donors (Lipinski definition) is 0. The van der Waals surface area contributed by atoms with Gasteiger partial charge in [0.1, 0.15) is 24.2 Å². The summed E-state index contributed by atoms with van der Waals surface area (Å²) >= 11 is 10.2. The van der Waals surface area contributed by atoms with Gasteiger partial charge in [-0.15, -0.1) is 0 Å². The summed E-state index contributed by atoms with van der Waals surface area (Å²) in [7, 11) is 0. The molecule has 0 radical (unpaired) electrons. The Morgan fingerprint density at radius 2 is 1.98 bits per heavy atom. The molecular formula is C28H34BrClFN5O4. The summed E-state index contributed by atoms with van der Waals surface area (Å²) in [5.41, 5.74) is -0.0565. The monoisotopic (exact) mass is 637 g/mol. The summed E-state index contributed by atoms with van der Waals surface area (Å²) in [6, 6.07) is 1.83. The van der Waals surface area contributed by atoms with Gasteiger partial charge in [-0.05, 0) is 75.0 Å². The first-order chi connectivity index (χ1) is 19.0. The van der Waals surface area contributed by atoms with Crippen LogP contribution in [0.4, 0.5) is 15.0 Å². The van der Waals surface area contributed by atoms with Crippen molar-refractivity contribution in [1.82, 2.24) is 19.8 Å². The van der Waals surface area contributed by atoms with Crippen LogP contribution in [0.5, 0.6) is 6.01 Å². The average Bonchev–Trinajstić information content (AvgIpc) is 3.50. The van der Waals surface area contributed by atoms with Crippen molar-refractivity contribution in [3.8, 4) is 6.01 Å². The van der Waals surface area contributed by atoms with E-state index in [9.17, 15) is 14.0 Å². The molecule has 5 heterocycles. The zero-order valence-electron chi connectivity index (χ0n) is 23.0. The molecule has 0 N–H and O–H groups in total. The van der Waals surface area contributed by atoms with Crippen LogP contribution < -0.4 is 9.64 Å². The molecular weight excluding hydrogens is 605 g/mol. The molecule has 4 saturated heterocycles. The van der Waals surface area contributed by atoms with Gasteiger partial charge in [0.25, 0.3) is 0 Å². The molecule has 0 aliphatic carbocycles. The van der Waals surface area contributed by atoms with Crippen molar-refractivity contribution in [2.45, 2.75) is 82.3 Å². The molecule has 1 amide bonds. The van der Waals surface area contributed by atoms with E-state index in [0.717, 1.165) is 38.5 Å². The summed E-state index contributed by atoms with van der Waals surface area (Å²) in [6.07, 6.45) is 3.64. The number of amides is 1. The van der Waals surface area contributed by atoms with E-state index < -0.39 is 11.8 Å². The maximum absolute atomic E-state index is 14.3. The highest BCUT2D eigenvalue weighted by Gasteiger charge is 2.50. The molecule has 2 aromatic rings. The predicted octanol–water partition coefficient (Wildman–Crippen LogP) is 5.40. The van der Waals surface area contributed by atoms with Crippen LogP contribution >= 0.6 is 27.5 Å². The highest BCUT2D eigenvalue weighted by atomic mass is 79.9. The number of nitrogens with zero attached hydrogens (tertiary/aromatic N) is 5. The van der Waals surface area contributed by atoms with Crippen LogP contribution in [0.15, 0.2) is 10.5 Å². The van der Waals surface area contributed by atoms with E-state index in [2.05, 4.69) is 30.7 Å². The molecule has 40 heavy (non-hydrogen) atoms. The third-order valence-electron chi connectivity index (χ3n) is 8.60. The Balaban J connectivity index is 1.34. The Labute approximate surface area is 246 Å². The summed E-state index contributed by atoms with van der Waals surface area (Å²) < 4.78 is 26.7. The molecule has 2 unspecified atom stereocenters.